The van der Waals surface area contributed by atoms with Crippen LogP contribution in [-0.2, 0) is 9.53 Å². The lowest BCUT2D eigenvalue weighted by molar-refractivity contribution is -0.152. The summed E-state index contributed by atoms with van der Waals surface area (Å²) in [6, 6.07) is 10.3. The van der Waals surface area contributed by atoms with E-state index in [1.54, 1.807) is 6.08 Å². The Balaban J connectivity index is 2.13. The Morgan fingerprint density at radius 3 is 2.72 bits per heavy atom. The number of esters is 1. The van der Waals surface area contributed by atoms with Gasteiger partial charge < -0.3 is 4.74 Å². The molecule has 1 fully saturated rings. The van der Waals surface area contributed by atoms with Crippen molar-refractivity contribution in [3.8, 4) is 0 Å². The number of carbonyl (C=O) groups excluding carboxylic acids is 1. The van der Waals surface area contributed by atoms with Crippen molar-refractivity contribution in [2.75, 3.05) is 6.61 Å². The van der Waals surface area contributed by atoms with Gasteiger partial charge in [0.1, 0.15) is 0 Å². The lowest BCUT2D eigenvalue weighted by atomic mass is 9.83. The molecule has 3 unspecified atom stereocenters. The van der Waals surface area contributed by atoms with E-state index in [4.69, 9.17) is 4.74 Å². The van der Waals surface area contributed by atoms with Crippen LogP contribution < -0.4 is 0 Å². The molecule has 1 aromatic rings. The van der Waals surface area contributed by atoms with Crippen LogP contribution >= 0.6 is 0 Å². The van der Waals surface area contributed by atoms with Gasteiger partial charge in [0.2, 0.25) is 0 Å². The fraction of sp³-hybridized carbons (Fsp3) is 0.438. The van der Waals surface area contributed by atoms with Crippen molar-refractivity contribution >= 4 is 5.97 Å². The minimum Gasteiger partial charge on any atom is -0.465 e. The molecule has 0 aliphatic heterocycles. The van der Waals surface area contributed by atoms with Crippen molar-refractivity contribution in [2.24, 2.45) is 11.3 Å². The normalized spacial score (nSPS) is 25.0. The predicted molar refractivity (Wildman–Crippen MR) is 72.2 cm³/mol. The molecule has 0 spiro atoms. The first-order chi connectivity index (χ1) is 8.63. The van der Waals surface area contributed by atoms with Gasteiger partial charge in [0.25, 0.3) is 0 Å². The Hall–Kier alpha value is -1.57. The summed E-state index contributed by atoms with van der Waals surface area (Å²) in [5, 5.41) is 0. The zero-order valence-corrected chi connectivity index (χ0v) is 11.1. The summed E-state index contributed by atoms with van der Waals surface area (Å²) in [6.45, 7) is 8.02. The van der Waals surface area contributed by atoms with E-state index >= 15 is 0 Å². The van der Waals surface area contributed by atoms with E-state index in [1.807, 2.05) is 32.0 Å². The zero-order chi connectivity index (χ0) is 13.2. The first kappa shape index (κ1) is 12.9. The van der Waals surface area contributed by atoms with E-state index in [1.165, 1.54) is 5.56 Å². The summed E-state index contributed by atoms with van der Waals surface area (Å²) < 4.78 is 5.17. The molecule has 1 saturated carbocycles. The van der Waals surface area contributed by atoms with Crippen LogP contribution in [0.2, 0.25) is 0 Å². The van der Waals surface area contributed by atoms with E-state index in [2.05, 4.69) is 18.7 Å². The van der Waals surface area contributed by atoms with Gasteiger partial charge in [-0.3, -0.25) is 4.79 Å². The third-order valence-electron chi connectivity index (χ3n) is 3.93. The Bertz CT molecular complexity index is 438. The summed E-state index contributed by atoms with van der Waals surface area (Å²) in [5.41, 5.74) is 0.746. The van der Waals surface area contributed by atoms with Crippen LogP contribution in [0.5, 0.6) is 0 Å². The first-order valence-electron chi connectivity index (χ1n) is 6.49. The van der Waals surface area contributed by atoms with Crippen LogP contribution in [0.15, 0.2) is 43.0 Å². The lowest BCUT2D eigenvalue weighted by Gasteiger charge is -2.23. The highest BCUT2D eigenvalue weighted by Gasteiger charge is 2.53. The molecular weight excluding hydrogens is 224 g/mol. The molecule has 0 N–H and O–H groups in total. The van der Waals surface area contributed by atoms with Gasteiger partial charge in [-0.1, -0.05) is 36.4 Å². The minimum atomic E-state index is -0.559. The number of hydrogen-bond donors (Lipinski definition) is 0. The summed E-state index contributed by atoms with van der Waals surface area (Å²) >= 11 is 0. The molecule has 2 nitrogen and oxygen atoms in total. The molecule has 0 bridgehead atoms. The zero-order valence-electron chi connectivity index (χ0n) is 11.1. The third-order valence-corrected chi connectivity index (χ3v) is 3.93. The monoisotopic (exact) mass is 244 g/mol. The Morgan fingerprint density at radius 1 is 1.50 bits per heavy atom. The summed E-state index contributed by atoms with van der Waals surface area (Å²) in [6.07, 6.45) is 2.78. The third kappa shape index (κ3) is 2.20. The maximum atomic E-state index is 12.1. The predicted octanol–water partition coefficient (Wildman–Crippen LogP) is 3.55. The quantitative estimate of drug-likeness (QED) is 0.585. The fourth-order valence-corrected chi connectivity index (χ4v) is 2.60. The van der Waals surface area contributed by atoms with Crippen LogP contribution in [-0.4, -0.2) is 12.6 Å². The molecule has 0 saturated heterocycles. The molecule has 1 aromatic carbocycles. The van der Waals surface area contributed by atoms with Crippen LogP contribution in [0.1, 0.15) is 31.7 Å². The number of carbonyl (C=O) groups is 1. The van der Waals surface area contributed by atoms with E-state index in [-0.39, 0.29) is 5.97 Å². The minimum absolute atomic E-state index is 0.150. The van der Waals surface area contributed by atoms with Gasteiger partial charge in [-0.15, -0.1) is 6.58 Å². The van der Waals surface area contributed by atoms with Gasteiger partial charge in [-0.2, -0.15) is 0 Å². The molecule has 2 heteroatoms. The van der Waals surface area contributed by atoms with Crippen molar-refractivity contribution in [1.29, 1.82) is 0 Å². The van der Waals surface area contributed by atoms with E-state index in [9.17, 15) is 4.79 Å². The molecule has 0 heterocycles. The van der Waals surface area contributed by atoms with Crippen LogP contribution in [0.3, 0.4) is 0 Å². The van der Waals surface area contributed by atoms with E-state index < -0.39 is 5.41 Å². The second kappa shape index (κ2) is 4.97. The smallest absolute Gasteiger partial charge is 0.315 e. The van der Waals surface area contributed by atoms with Gasteiger partial charge >= 0.3 is 5.97 Å². The van der Waals surface area contributed by atoms with Crippen molar-refractivity contribution in [3.63, 3.8) is 0 Å². The summed E-state index contributed by atoms with van der Waals surface area (Å²) in [4.78, 5) is 12.1. The number of rotatable bonds is 5. The van der Waals surface area contributed by atoms with Gasteiger partial charge in [-0.05, 0) is 37.7 Å². The molecule has 3 atom stereocenters. The number of ether oxygens (including phenoxy) is 1. The summed E-state index contributed by atoms with van der Waals surface area (Å²) in [7, 11) is 0. The molecular formula is C16H20O2. The molecule has 0 amide bonds. The highest BCUT2D eigenvalue weighted by atomic mass is 16.5. The Kier molecular flexibility index (Phi) is 3.55. The van der Waals surface area contributed by atoms with Gasteiger partial charge in [0.15, 0.2) is 0 Å². The van der Waals surface area contributed by atoms with Crippen molar-refractivity contribution in [1.82, 2.24) is 0 Å². The molecule has 1 aliphatic carbocycles. The van der Waals surface area contributed by atoms with Gasteiger partial charge in [0, 0.05) is 0 Å². The molecule has 1 aliphatic rings. The fourth-order valence-electron chi connectivity index (χ4n) is 2.60. The standard InChI is InChI=1S/C16H20O2/c1-4-16(3,15(17)18-5-2)14-11-13(14)12-9-7-6-8-10-12/h4,6-10,13-14H,1,5,11H2,2-3H3. The van der Waals surface area contributed by atoms with Crippen LogP contribution in [0.4, 0.5) is 0 Å². The van der Waals surface area contributed by atoms with E-state index in [0.29, 0.717) is 18.4 Å². The van der Waals surface area contributed by atoms with E-state index in [0.717, 1.165) is 6.42 Å². The Morgan fingerprint density at radius 2 is 2.17 bits per heavy atom. The maximum absolute atomic E-state index is 12.1. The highest BCUT2D eigenvalue weighted by Crippen LogP contribution is 2.57. The lowest BCUT2D eigenvalue weighted by Crippen LogP contribution is -2.30. The SMILES string of the molecule is C=CC(C)(C(=O)OCC)C1CC1c1ccccc1. The van der Waals surface area contributed by atoms with Crippen molar-refractivity contribution in [3.05, 3.63) is 48.6 Å². The first-order valence-corrected chi connectivity index (χ1v) is 6.49. The molecule has 18 heavy (non-hydrogen) atoms. The van der Waals surface area contributed by atoms with Crippen molar-refractivity contribution in [2.45, 2.75) is 26.2 Å². The second-order valence-corrected chi connectivity index (χ2v) is 5.07. The largest absolute Gasteiger partial charge is 0.465 e. The highest BCUT2D eigenvalue weighted by molar-refractivity contribution is 5.80. The maximum Gasteiger partial charge on any atom is 0.315 e. The topological polar surface area (TPSA) is 26.3 Å². The molecule has 2 rings (SSSR count). The Labute approximate surface area is 109 Å². The van der Waals surface area contributed by atoms with Gasteiger partial charge in [0.05, 0.1) is 12.0 Å². The van der Waals surface area contributed by atoms with Crippen LogP contribution in [0, 0.1) is 11.3 Å². The molecule has 96 valence electrons. The van der Waals surface area contributed by atoms with Crippen LogP contribution in [0.25, 0.3) is 0 Å². The average Bonchev–Trinajstić information content (AvgIpc) is 3.20. The molecule has 0 radical (unpaired) electrons. The number of hydrogen-bond acceptors (Lipinski definition) is 2. The second-order valence-electron chi connectivity index (χ2n) is 5.07. The van der Waals surface area contributed by atoms with Gasteiger partial charge in [-0.25, -0.2) is 0 Å². The molecule has 0 aromatic heterocycles. The average molecular weight is 244 g/mol. The number of benzene rings is 1. The van der Waals surface area contributed by atoms with Crippen molar-refractivity contribution < 1.29 is 9.53 Å². The summed E-state index contributed by atoms with van der Waals surface area (Å²) in [5.74, 6) is 0.624.